The molecule has 5 nitrogen and oxygen atoms in total. The number of hydrazine groups is 1. The second-order valence-corrected chi connectivity index (χ2v) is 4.49. The summed E-state index contributed by atoms with van der Waals surface area (Å²) < 4.78 is 1.00. The van der Waals surface area contributed by atoms with Crippen LogP contribution in [0.1, 0.15) is 0 Å². The number of hydrogen-bond donors (Lipinski definition) is 3. The minimum Gasteiger partial charge on any atom is -0.339 e. The Hall–Kier alpha value is -1.37. The number of halogens is 2. The molecule has 0 saturated heterocycles. The number of aromatic nitrogens is 2. The van der Waals surface area contributed by atoms with Gasteiger partial charge in [-0.15, -0.1) is 0 Å². The van der Waals surface area contributed by atoms with E-state index in [0.29, 0.717) is 16.8 Å². The Morgan fingerprint density at radius 2 is 1.94 bits per heavy atom. The first-order chi connectivity index (χ1) is 8.19. The lowest BCUT2D eigenvalue weighted by Gasteiger charge is -2.08. The minimum absolute atomic E-state index is 0.300. The molecule has 1 aromatic heterocycles. The van der Waals surface area contributed by atoms with Gasteiger partial charge in [0.2, 0.25) is 5.95 Å². The maximum Gasteiger partial charge on any atom is 0.239 e. The van der Waals surface area contributed by atoms with Crippen molar-refractivity contribution in [2.75, 3.05) is 10.7 Å². The predicted octanol–water partition coefficient (Wildman–Crippen LogP) is 2.92. The monoisotopic (exact) mass is 313 g/mol. The highest BCUT2D eigenvalue weighted by Gasteiger charge is 2.04. The van der Waals surface area contributed by atoms with Crippen LogP contribution in [0.5, 0.6) is 0 Å². The van der Waals surface area contributed by atoms with Crippen molar-refractivity contribution in [2.24, 2.45) is 5.84 Å². The van der Waals surface area contributed by atoms with Gasteiger partial charge in [-0.3, -0.25) is 5.43 Å². The minimum atomic E-state index is 0.300. The zero-order valence-corrected chi connectivity index (χ0v) is 11.0. The average molecular weight is 315 g/mol. The van der Waals surface area contributed by atoms with Crippen molar-refractivity contribution >= 4 is 45.0 Å². The van der Waals surface area contributed by atoms with Gasteiger partial charge in [-0.2, -0.15) is 4.98 Å². The Labute approximate surface area is 112 Å². The van der Waals surface area contributed by atoms with Crippen LogP contribution in [0.3, 0.4) is 0 Å². The molecule has 0 unspecified atom stereocenters. The lowest BCUT2D eigenvalue weighted by molar-refractivity contribution is 1.12. The summed E-state index contributed by atoms with van der Waals surface area (Å²) in [6.45, 7) is 0. The van der Waals surface area contributed by atoms with Gasteiger partial charge in [0, 0.05) is 10.2 Å². The Balaban J connectivity index is 2.25. The van der Waals surface area contributed by atoms with Crippen LogP contribution in [0.2, 0.25) is 5.02 Å². The standard InChI is InChI=1S/C10H9BrClN5/c11-6-1-3-7(4-2-6)15-9-8(12)5-14-10(16-9)17-13/h1-5H,13H2,(H2,14,15,16,17). The number of benzene rings is 1. The van der Waals surface area contributed by atoms with Crippen molar-refractivity contribution < 1.29 is 0 Å². The van der Waals surface area contributed by atoms with E-state index in [9.17, 15) is 0 Å². The zero-order chi connectivity index (χ0) is 12.3. The number of nitrogen functional groups attached to an aromatic ring is 1. The molecule has 1 aromatic carbocycles. The lowest BCUT2D eigenvalue weighted by atomic mass is 10.3. The first-order valence-corrected chi connectivity index (χ1v) is 5.88. The molecule has 0 aliphatic heterocycles. The van der Waals surface area contributed by atoms with Crippen molar-refractivity contribution in [2.45, 2.75) is 0 Å². The Morgan fingerprint density at radius 1 is 1.24 bits per heavy atom. The second-order valence-electron chi connectivity index (χ2n) is 3.17. The van der Waals surface area contributed by atoms with Gasteiger partial charge in [-0.25, -0.2) is 10.8 Å². The average Bonchev–Trinajstić information content (AvgIpc) is 2.35. The molecule has 4 N–H and O–H groups in total. The molecule has 2 rings (SSSR count). The van der Waals surface area contributed by atoms with E-state index in [1.165, 1.54) is 6.20 Å². The Bertz CT molecular complexity index is 517. The van der Waals surface area contributed by atoms with E-state index in [0.717, 1.165) is 10.2 Å². The molecule has 0 atom stereocenters. The van der Waals surface area contributed by atoms with E-state index in [2.05, 4.69) is 36.6 Å². The molecule has 0 bridgehead atoms. The fraction of sp³-hybridized carbons (Fsp3) is 0. The number of nitrogens with zero attached hydrogens (tertiary/aromatic N) is 2. The molecule has 0 fully saturated rings. The van der Waals surface area contributed by atoms with Crippen LogP contribution in [-0.2, 0) is 0 Å². The fourth-order valence-corrected chi connectivity index (χ4v) is 1.60. The van der Waals surface area contributed by atoms with Crippen LogP contribution >= 0.6 is 27.5 Å². The molecule has 17 heavy (non-hydrogen) atoms. The molecule has 0 amide bonds. The smallest absolute Gasteiger partial charge is 0.239 e. The zero-order valence-electron chi connectivity index (χ0n) is 8.61. The summed E-state index contributed by atoms with van der Waals surface area (Å²) >= 11 is 9.33. The van der Waals surface area contributed by atoms with Crippen molar-refractivity contribution in [3.05, 3.63) is 40.0 Å². The van der Waals surface area contributed by atoms with E-state index in [4.69, 9.17) is 17.4 Å². The topological polar surface area (TPSA) is 75.9 Å². The van der Waals surface area contributed by atoms with Gasteiger partial charge in [-0.05, 0) is 24.3 Å². The molecule has 0 radical (unpaired) electrons. The van der Waals surface area contributed by atoms with Gasteiger partial charge in [0.15, 0.2) is 5.82 Å². The Morgan fingerprint density at radius 3 is 2.59 bits per heavy atom. The number of nitrogens with two attached hydrogens (primary N) is 1. The highest BCUT2D eigenvalue weighted by atomic mass is 79.9. The third-order valence-electron chi connectivity index (χ3n) is 1.98. The molecular formula is C10H9BrClN5. The van der Waals surface area contributed by atoms with Gasteiger partial charge in [-0.1, -0.05) is 27.5 Å². The summed E-state index contributed by atoms with van der Waals surface area (Å²) in [6, 6.07) is 7.63. The van der Waals surface area contributed by atoms with Gasteiger partial charge < -0.3 is 5.32 Å². The van der Waals surface area contributed by atoms with Crippen LogP contribution in [0.25, 0.3) is 0 Å². The van der Waals surface area contributed by atoms with Gasteiger partial charge in [0.05, 0.1) is 6.20 Å². The fourth-order valence-electron chi connectivity index (χ4n) is 1.19. The van der Waals surface area contributed by atoms with E-state index < -0.39 is 0 Å². The van der Waals surface area contributed by atoms with Crippen molar-refractivity contribution in [3.63, 3.8) is 0 Å². The highest BCUT2D eigenvalue weighted by Crippen LogP contribution is 2.24. The van der Waals surface area contributed by atoms with Gasteiger partial charge in [0.1, 0.15) is 5.02 Å². The van der Waals surface area contributed by atoms with Crippen LogP contribution in [0.4, 0.5) is 17.5 Å². The summed E-state index contributed by atoms with van der Waals surface area (Å²) in [5, 5.41) is 3.50. The van der Waals surface area contributed by atoms with E-state index >= 15 is 0 Å². The third kappa shape index (κ3) is 3.06. The van der Waals surface area contributed by atoms with E-state index in [-0.39, 0.29) is 0 Å². The van der Waals surface area contributed by atoms with Gasteiger partial charge in [0.25, 0.3) is 0 Å². The van der Waals surface area contributed by atoms with Crippen molar-refractivity contribution in [1.29, 1.82) is 0 Å². The lowest BCUT2D eigenvalue weighted by Crippen LogP contribution is -2.11. The highest BCUT2D eigenvalue weighted by molar-refractivity contribution is 9.10. The molecule has 7 heteroatoms. The van der Waals surface area contributed by atoms with Crippen LogP contribution in [0.15, 0.2) is 34.9 Å². The molecule has 0 aliphatic carbocycles. The number of hydrogen-bond acceptors (Lipinski definition) is 5. The summed E-state index contributed by atoms with van der Waals surface area (Å²) in [5.74, 6) is 6.03. The summed E-state index contributed by atoms with van der Waals surface area (Å²) in [6.07, 6.45) is 1.48. The summed E-state index contributed by atoms with van der Waals surface area (Å²) in [4.78, 5) is 7.99. The maximum atomic E-state index is 5.97. The molecular weight excluding hydrogens is 306 g/mol. The predicted molar refractivity (Wildman–Crippen MR) is 72.3 cm³/mol. The van der Waals surface area contributed by atoms with Crippen LogP contribution in [-0.4, -0.2) is 9.97 Å². The quantitative estimate of drug-likeness (QED) is 0.600. The number of nitrogens with one attached hydrogen (secondary N) is 2. The number of rotatable bonds is 3. The normalized spacial score (nSPS) is 10.1. The first-order valence-electron chi connectivity index (χ1n) is 4.71. The van der Waals surface area contributed by atoms with E-state index in [1.54, 1.807) is 0 Å². The number of anilines is 3. The van der Waals surface area contributed by atoms with Crippen LogP contribution in [0, 0.1) is 0 Å². The largest absolute Gasteiger partial charge is 0.339 e. The van der Waals surface area contributed by atoms with Crippen molar-refractivity contribution in [3.8, 4) is 0 Å². The van der Waals surface area contributed by atoms with Gasteiger partial charge >= 0.3 is 0 Å². The Kier molecular flexibility index (Phi) is 3.78. The SMILES string of the molecule is NNc1ncc(Cl)c(Nc2ccc(Br)cc2)n1. The maximum absolute atomic E-state index is 5.97. The van der Waals surface area contributed by atoms with E-state index in [1.807, 2.05) is 24.3 Å². The third-order valence-corrected chi connectivity index (χ3v) is 2.79. The first kappa shape index (κ1) is 12.1. The second kappa shape index (κ2) is 5.31. The van der Waals surface area contributed by atoms with Crippen molar-refractivity contribution in [1.82, 2.24) is 9.97 Å². The molecule has 1 heterocycles. The molecule has 88 valence electrons. The summed E-state index contributed by atoms with van der Waals surface area (Å²) in [5.41, 5.74) is 3.23. The molecule has 0 spiro atoms. The molecule has 0 saturated carbocycles. The molecule has 0 aliphatic rings. The summed E-state index contributed by atoms with van der Waals surface area (Å²) in [7, 11) is 0. The molecule has 2 aromatic rings. The van der Waals surface area contributed by atoms with Crippen LogP contribution < -0.4 is 16.6 Å².